The van der Waals surface area contributed by atoms with Crippen LogP contribution in [0.5, 0.6) is 0 Å². The average molecular weight is 266 g/mol. The van der Waals surface area contributed by atoms with E-state index >= 15 is 0 Å². The van der Waals surface area contributed by atoms with Gasteiger partial charge in [-0.1, -0.05) is 43.5 Å². The molecule has 2 heteroatoms. The first kappa shape index (κ1) is 13.9. The number of nitrogens with two attached hydrogens (primary N) is 1. The van der Waals surface area contributed by atoms with Gasteiger partial charge in [0, 0.05) is 11.1 Å². The summed E-state index contributed by atoms with van der Waals surface area (Å²) in [7, 11) is 0. The molecular formula is C16H24ClN. The molecule has 1 aromatic carbocycles. The largest absolute Gasteiger partial charge is 0.327 e. The summed E-state index contributed by atoms with van der Waals surface area (Å²) >= 11 is 6.31. The minimum Gasteiger partial charge on any atom is -0.327 e. The monoisotopic (exact) mass is 265 g/mol. The number of halogens is 1. The number of hydrogen-bond acceptors (Lipinski definition) is 1. The molecular weight excluding hydrogens is 242 g/mol. The van der Waals surface area contributed by atoms with Crippen molar-refractivity contribution in [1.29, 1.82) is 0 Å². The van der Waals surface area contributed by atoms with Gasteiger partial charge in [0.2, 0.25) is 0 Å². The number of benzene rings is 1. The molecule has 2 rings (SSSR count). The van der Waals surface area contributed by atoms with E-state index < -0.39 is 0 Å². The summed E-state index contributed by atoms with van der Waals surface area (Å²) < 4.78 is 0. The van der Waals surface area contributed by atoms with Crippen molar-refractivity contribution in [1.82, 2.24) is 0 Å². The van der Waals surface area contributed by atoms with Gasteiger partial charge in [0.25, 0.3) is 0 Å². The van der Waals surface area contributed by atoms with Gasteiger partial charge >= 0.3 is 0 Å². The van der Waals surface area contributed by atoms with Crippen molar-refractivity contribution in [3.8, 4) is 0 Å². The molecule has 1 nitrogen and oxygen atoms in total. The maximum Gasteiger partial charge on any atom is 0.0441 e. The SMILES string of the molecule is CCC1(C(N)Cc2ccc(C)cc2Cl)CCCC1. The zero-order valence-electron chi connectivity index (χ0n) is 11.5. The van der Waals surface area contributed by atoms with E-state index in [1.807, 2.05) is 6.07 Å². The van der Waals surface area contributed by atoms with Gasteiger partial charge in [-0.2, -0.15) is 0 Å². The molecule has 0 heterocycles. The third kappa shape index (κ3) is 2.73. The van der Waals surface area contributed by atoms with Crippen LogP contribution in [0.1, 0.15) is 50.2 Å². The standard InChI is InChI=1S/C16H24ClN/c1-3-16(8-4-5-9-16)15(18)11-13-7-6-12(2)10-14(13)17/h6-7,10,15H,3-5,8-9,11,18H2,1-2H3. The topological polar surface area (TPSA) is 26.0 Å². The Morgan fingerprint density at radius 1 is 1.33 bits per heavy atom. The lowest BCUT2D eigenvalue weighted by Crippen LogP contribution is -2.41. The molecule has 2 N–H and O–H groups in total. The molecule has 0 saturated heterocycles. The molecule has 0 aromatic heterocycles. The summed E-state index contributed by atoms with van der Waals surface area (Å²) in [5.41, 5.74) is 9.27. The Balaban J connectivity index is 2.12. The fourth-order valence-electron chi connectivity index (χ4n) is 3.34. The van der Waals surface area contributed by atoms with Crippen LogP contribution in [0.2, 0.25) is 5.02 Å². The Bertz CT molecular complexity index is 408. The molecule has 100 valence electrons. The highest BCUT2D eigenvalue weighted by Gasteiger charge is 2.37. The van der Waals surface area contributed by atoms with Gasteiger partial charge in [-0.3, -0.25) is 0 Å². The van der Waals surface area contributed by atoms with E-state index in [0.29, 0.717) is 5.41 Å². The lowest BCUT2D eigenvalue weighted by molar-refractivity contribution is 0.219. The molecule has 0 radical (unpaired) electrons. The lowest BCUT2D eigenvalue weighted by Gasteiger charge is -2.34. The molecule has 18 heavy (non-hydrogen) atoms. The fourth-order valence-corrected chi connectivity index (χ4v) is 3.65. The molecule has 1 aromatic rings. The van der Waals surface area contributed by atoms with Gasteiger partial charge in [-0.05, 0) is 55.2 Å². The molecule has 1 unspecified atom stereocenters. The Kier molecular flexibility index (Phi) is 4.34. The normalized spacial score (nSPS) is 20.0. The van der Waals surface area contributed by atoms with E-state index in [1.165, 1.54) is 43.2 Å². The first-order chi connectivity index (χ1) is 8.57. The zero-order chi connectivity index (χ0) is 13.2. The second kappa shape index (κ2) is 5.63. The van der Waals surface area contributed by atoms with E-state index in [2.05, 4.69) is 26.0 Å². The summed E-state index contributed by atoms with van der Waals surface area (Å²) in [6.07, 6.45) is 7.35. The van der Waals surface area contributed by atoms with Crippen molar-refractivity contribution in [2.45, 2.75) is 58.4 Å². The van der Waals surface area contributed by atoms with Gasteiger partial charge in [0.05, 0.1) is 0 Å². The Labute approximate surface area is 116 Å². The van der Waals surface area contributed by atoms with Gasteiger partial charge in [0.15, 0.2) is 0 Å². The van der Waals surface area contributed by atoms with Crippen LogP contribution in [0.4, 0.5) is 0 Å². The van der Waals surface area contributed by atoms with Gasteiger partial charge in [-0.25, -0.2) is 0 Å². The molecule has 0 amide bonds. The number of rotatable bonds is 4. The van der Waals surface area contributed by atoms with Crippen LogP contribution < -0.4 is 5.73 Å². The maximum atomic E-state index is 6.50. The molecule has 1 aliphatic rings. The third-order valence-corrected chi connectivity index (χ3v) is 5.09. The molecule has 0 aliphatic heterocycles. The maximum absolute atomic E-state index is 6.50. The summed E-state index contributed by atoms with van der Waals surface area (Å²) in [6, 6.07) is 6.54. The van der Waals surface area contributed by atoms with Crippen LogP contribution in [-0.4, -0.2) is 6.04 Å². The summed E-state index contributed by atoms with van der Waals surface area (Å²) in [4.78, 5) is 0. The number of hydrogen-bond donors (Lipinski definition) is 1. The summed E-state index contributed by atoms with van der Waals surface area (Å²) in [5.74, 6) is 0. The predicted molar refractivity (Wildman–Crippen MR) is 79.1 cm³/mol. The van der Waals surface area contributed by atoms with E-state index in [9.17, 15) is 0 Å². The second-order valence-electron chi connectivity index (χ2n) is 5.83. The van der Waals surface area contributed by atoms with E-state index in [4.69, 9.17) is 17.3 Å². The van der Waals surface area contributed by atoms with Crippen molar-refractivity contribution in [2.24, 2.45) is 11.1 Å². The first-order valence-electron chi connectivity index (χ1n) is 7.08. The van der Waals surface area contributed by atoms with Crippen LogP contribution in [0, 0.1) is 12.3 Å². The number of aryl methyl sites for hydroxylation is 1. The van der Waals surface area contributed by atoms with Crippen LogP contribution in [-0.2, 0) is 6.42 Å². The summed E-state index contributed by atoms with van der Waals surface area (Å²) in [5, 5.41) is 0.870. The van der Waals surface area contributed by atoms with E-state index in [0.717, 1.165) is 11.4 Å². The van der Waals surface area contributed by atoms with Crippen molar-refractivity contribution in [3.05, 3.63) is 34.3 Å². The highest BCUT2D eigenvalue weighted by atomic mass is 35.5. The minimum atomic E-state index is 0.241. The second-order valence-corrected chi connectivity index (χ2v) is 6.24. The smallest absolute Gasteiger partial charge is 0.0441 e. The minimum absolute atomic E-state index is 0.241. The quantitative estimate of drug-likeness (QED) is 0.853. The fraction of sp³-hybridized carbons (Fsp3) is 0.625. The van der Waals surface area contributed by atoms with Crippen LogP contribution in [0.3, 0.4) is 0 Å². The zero-order valence-corrected chi connectivity index (χ0v) is 12.3. The summed E-state index contributed by atoms with van der Waals surface area (Å²) in [6.45, 7) is 4.35. The molecule has 1 saturated carbocycles. The van der Waals surface area contributed by atoms with Gasteiger partial charge in [0.1, 0.15) is 0 Å². The Hall–Kier alpha value is -0.530. The highest BCUT2D eigenvalue weighted by molar-refractivity contribution is 6.31. The van der Waals surface area contributed by atoms with Crippen LogP contribution in [0.15, 0.2) is 18.2 Å². The molecule has 1 atom stereocenters. The molecule has 1 fully saturated rings. The van der Waals surface area contributed by atoms with Gasteiger partial charge < -0.3 is 5.73 Å². The Morgan fingerprint density at radius 2 is 2.00 bits per heavy atom. The third-order valence-electron chi connectivity index (χ3n) is 4.74. The highest BCUT2D eigenvalue weighted by Crippen LogP contribution is 2.44. The van der Waals surface area contributed by atoms with E-state index in [-0.39, 0.29) is 6.04 Å². The molecule has 1 aliphatic carbocycles. The van der Waals surface area contributed by atoms with Crippen LogP contribution in [0.25, 0.3) is 0 Å². The van der Waals surface area contributed by atoms with Crippen molar-refractivity contribution in [2.75, 3.05) is 0 Å². The van der Waals surface area contributed by atoms with Crippen molar-refractivity contribution in [3.63, 3.8) is 0 Å². The van der Waals surface area contributed by atoms with Crippen molar-refractivity contribution >= 4 is 11.6 Å². The lowest BCUT2D eigenvalue weighted by atomic mass is 9.74. The molecule has 0 spiro atoms. The Morgan fingerprint density at radius 3 is 2.56 bits per heavy atom. The van der Waals surface area contributed by atoms with Crippen molar-refractivity contribution < 1.29 is 0 Å². The predicted octanol–water partition coefficient (Wildman–Crippen LogP) is 4.49. The first-order valence-corrected chi connectivity index (χ1v) is 7.46. The average Bonchev–Trinajstić information content (AvgIpc) is 2.82. The van der Waals surface area contributed by atoms with Gasteiger partial charge in [-0.15, -0.1) is 0 Å². The molecule has 0 bridgehead atoms. The van der Waals surface area contributed by atoms with E-state index in [1.54, 1.807) is 0 Å². The van der Waals surface area contributed by atoms with Crippen LogP contribution >= 0.6 is 11.6 Å².